The fourth-order valence-corrected chi connectivity index (χ4v) is 3.97. The van der Waals surface area contributed by atoms with Crippen LogP contribution in [0.1, 0.15) is 23.4 Å². The first kappa shape index (κ1) is 15.2. The van der Waals surface area contributed by atoms with E-state index in [2.05, 4.69) is 15.1 Å². The van der Waals surface area contributed by atoms with Gasteiger partial charge in [-0.1, -0.05) is 0 Å². The van der Waals surface area contributed by atoms with E-state index in [0.717, 1.165) is 31.2 Å². The van der Waals surface area contributed by atoms with Crippen LogP contribution in [-0.4, -0.2) is 56.8 Å². The normalized spacial score (nSPS) is 20.2. The van der Waals surface area contributed by atoms with Crippen molar-refractivity contribution < 1.29 is 4.74 Å². The molecule has 2 fully saturated rings. The second kappa shape index (κ2) is 7.05. The number of hydrogen-bond acceptors (Lipinski definition) is 6. The number of methoxy groups -OCH3 is 1. The number of nitrogens with one attached hydrogen (secondary N) is 1. The lowest BCUT2D eigenvalue weighted by molar-refractivity contribution is 0.181. The van der Waals surface area contributed by atoms with E-state index in [1.165, 1.54) is 42.5 Å². The van der Waals surface area contributed by atoms with Crippen LogP contribution in [0.3, 0.4) is 0 Å². The van der Waals surface area contributed by atoms with Crippen molar-refractivity contribution in [2.75, 3.05) is 51.8 Å². The minimum atomic E-state index is 0.606. The number of piperazine rings is 1. The maximum Gasteiger partial charge on any atom is 0.186 e. The second-order valence-electron chi connectivity index (χ2n) is 6.06. The van der Waals surface area contributed by atoms with E-state index in [-0.39, 0.29) is 0 Å². The Kier molecular flexibility index (Phi) is 5.11. The summed E-state index contributed by atoms with van der Waals surface area (Å²) in [4.78, 5) is 11.2. The molecule has 0 radical (unpaired) electrons. The summed E-state index contributed by atoms with van der Waals surface area (Å²) >= 11 is 1.81. The molecule has 2 aliphatic rings. The van der Waals surface area contributed by atoms with Crippen LogP contribution in [-0.2, 0) is 17.9 Å². The zero-order valence-electron chi connectivity index (χ0n) is 13.1. The summed E-state index contributed by atoms with van der Waals surface area (Å²) in [5.41, 5.74) is 1.09. The first-order chi connectivity index (χ1) is 10.3. The third kappa shape index (κ3) is 3.94. The molecule has 1 aromatic heterocycles. The highest BCUT2D eigenvalue weighted by atomic mass is 32.1. The predicted octanol–water partition coefficient (Wildman–Crippen LogP) is 1.54. The molecule has 1 aromatic rings. The zero-order chi connectivity index (χ0) is 14.7. The third-order valence-corrected chi connectivity index (χ3v) is 5.40. The van der Waals surface area contributed by atoms with E-state index in [0.29, 0.717) is 6.61 Å². The first-order valence-electron chi connectivity index (χ1n) is 7.89. The number of anilines is 1. The zero-order valence-corrected chi connectivity index (χ0v) is 13.9. The van der Waals surface area contributed by atoms with Gasteiger partial charge in [0.2, 0.25) is 0 Å². The fraction of sp³-hybridized carbons (Fsp3) is 0.800. The summed E-state index contributed by atoms with van der Waals surface area (Å²) in [5, 5.41) is 4.39. The van der Waals surface area contributed by atoms with Crippen LogP contribution in [0.15, 0.2) is 0 Å². The van der Waals surface area contributed by atoms with E-state index < -0.39 is 0 Å². The van der Waals surface area contributed by atoms with Crippen LogP contribution in [0.5, 0.6) is 0 Å². The van der Waals surface area contributed by atoms with Gasteiger partial charge >= 0.3 is 0 Å². The molecule has 1 N–H and O–H groups in total. The van der Waals surface area contributed by atoms with Gasteiger partial charge in [0.15, 0.2) is 5.13 Å². The lowest BCUT2D eigenvalue weighted by atomic mass is 10.3. The third-order valence-electron chi connectivity index (χ3n) is 4.24. The molecular formula is C15H26N4OS. The predicted molar refractivity (Wildman–Crippen MR) is 87.0 cm³/mol. The number of rotatable bonds is 7. The molecule has 118 valence electrons. The van der Waals surface area contributed by atoms with Gasteiger partial charge in [0, 0.05) is 51.3 Å². The van der Waals surface area contributed by atoms with Crippen LogP contribution in [0.2, 0.25) is 0 Å². The lowest BCUT2D eigenvalue weighted by Gasteiger charge is -2.34. The van der Waals surface area contributed by atoms with Gasteiger partial charge in [-0.15, -0.1) is 11.3 Å². The van der Waals surface area contributed by atoms with Gasteiger partial charge in [0.25, 0.3) is 0 Å². The summed E-state index contributed by atoms with van der Waals surface area (Å²) < 4.78 is 5.27. The number of nitrogens with zero attached hydrogens (tertiary/aromatic N) is 3. The van der Waals surface area contributed by atoms with Crippen molar-refractivity contribution in [2.24, 2.45) is 5.92 Å². The van der Waals surface area contributed by atoms with Crippen LogP contribution in [0.4, 0.5) is 5.13 Å². The minimum Gasteiger partial charge on any atom is -0.378 e. The molecule has 0 unspecified atom stereocenters. The average Bonchev–Trinajstić information content (AvgIpc) is 3.22. The van der Waals surface area contributed by atoms with Crippen molar-refractivity contribution in [3.8, 4) is 0 Å². The number of thiazole rings is 1. The molecule has 2 heterocycles. The Labute approximate surface area is 131 Å². The highest BCUT2D eigenvalue weighted by Crippen LogP contribution is 2.31. The van der Waals surface area contributed by atoms with E-state index in [1.807, 2.05) is 18.4 Å². The summed E-state index contributed by atoms with van der Waals surface area (Å²) in [6, 6.07) is 0. The van der Waals surface area contributed by atoms with Gasteiger partial charge in [-0.25, -0.2) is 4.98 Å². The van der Waals surface area contributed by atoms with Gasteiger partial charge in [0.05, 0.1) is 12.3 Å². The van der Waals surface area contributed by atoms with Crippen LogP contribution in [0, 0.1) is 5.92 Å². The minimum absolute atomic E-state index is 0.606. The Morgan fingerprint density at radius 3 is 2.67 bits per heavy atom. The molecule has 0 atom stereocenters. The van der Waals surface area contributed by atoms with Crippen molar-refractivity contribution in [2.45, 2.75) is 26.0 Å². The van der Waals surface area contributed by atoms with E-state index in [9.17, 15) is 0 Å². The number of aromatic nitrogens is 1. The Balaban J connectivity index is 1.59. The molecule has 0 amide bonds. The van der Waals surface area contributed by atoms with Crippen molar-refractivity contribution in [3.63, 3.8) is 0 Å². The van der Waals surface area contributed by atoms with Crippen molar-refractivity contribution in [1.29, 1.82) is 0 Å². The fourth-order valence-electron chi connectivity index (χ4n) is 2.84. The molecule has 5 nitrogen and oxygen atoms in total. The largest absolute Gasteiger partial charge is 0.378 e. The van der Waals surface area contributed by atoms with Gasteiger partial charge in [-0.05, 0) is 25.8 Å². The molecule has 0 aromatic carbocycles. The molecule has 1 aliphatic carbocycles. The molecule has 6 heteroatoms. The SMILES string of the molecule is CNCc1sc(N2CCN(CC3CC3)CC2)nc1COC. The maximum absolute atomic E-state index is 5.27. The Hall–Kier alpha value is -0.690. The molecule has 0 spiro atoms. The maximum atomic E-state index is 5.27. The van der Waals surface area contributed by atoms with Gasteiger partial charge in [0.1, 0.15) is 0 Å². The Bertz CT molecular complexity index is 429. The molecular weight excluding hydrogens is 284 g/mol. The van der Waals surface area contributed by atoms with Crippen molar-refractivity contribution in [3.05, 3.63) is 10.6 Å². The molecule has 3 rings (SSSR count). The van der Waals surface area contributed by atoms with Gasteiger partial charge in [-0.2, -0.15) is 0 Å². The monoisotopic (exact) mass is 310 g/mol. The highest BCUT2D eigenvalue weighted by molar-refractivity contribution is 7.15. The Morgan fingerprint density at radius 2 is 2.05 bits per heavy atom. The molecule has 21 heavy (non-hydrogen) atoms. The van der Waals surface area contributed by atoms with E-state index in [4.69, 9.17) is 9.72 Å². The van der Waals surface area contributed by atoms with Crippen LogP contribution < -0.4 is 10.2 Å². The van der Waals surface area contributed by atoms with Crippen LogP contribution >= 0.6 is 11.3 Å². The van der Waals surface area contributed by atoms with Gasteiger partial charge in [-0.3, -0.25) is 4.90 Å². The summed E-state index contributed by atoms with van der Waals surface area (Å²) in [5.74, 6) is 0.993. The van der Waals surface area contributed by atoms with Crippen molar-refractivity contribution >= 4 is 16.5 Å². The number of hydrogen-bond donors (Lipinski definition) is 1. The van der Waals surface area contributed by atoms with E-state index >= 15 is 0 Å². The first-order valence-corrected chi connectivity index (χ1v) is 8.71. The molecule has 1 aliphatic heterocycles. The summed E-state index contributed by atoms with van der Waals surface area (Å²) in [6.45, 7) is 7.35. The number of ether oxygens (including phenoxy) is 1. The smallest absolute Gasteiger partial charge is 0.186 e. The van der Waals surface area contributed by atoms with Crippen LogP contribution in [0.25, 0.3) is 0 Å². The quantitative estimate of drug-likeness (QED) is 0.827. The van der Waals surface area contributed by atoms with Gasteiger partial charge < -0.3 is 15.0 Å². The topological polar surface area (TPSA) is 40.6 Å². The second-order valence-corrected chi connectivity index (χ2v) is 7.12. The standard InChI is InChI=1S/C15H26N4OS/c1-16-9-14-13(11-20-2)17-15(21-14)19-7-5-18(6-8-19)10-12-3-4-12/h12,16H,3-11H2,1-2H3. The lowest BCUT2D eigenvalue weighted by Crippen LogP contribution is -2.47. The summed E-state index contributed by atoms with van der Waals surface area (Å²) in [7, 11) is 3.71. The molecule has 1 saturated carbocycles. The highest BCUT2D eigenvalue weighted by Gasteiger charge is 2.27. The van der Waals surface area contributed by atoms with Crippen molar-refractivity contribution in [1.82, 2.24) is 15.2 Å². The molecule has 1 saturated heterocycles. The average molecular weight is 310 g/mol. The Morgan fingerprint density at radius 1 is 1.29 bits per heavy atom. The molecule has 0 bridgehead atoms. The van der Waals surface area contributed by atoms with E-state index in [1.54, 1.807) is 7.11 Å². The summed E-state index contributed by atoms with van der Waals surface area (Å²) in [6.07, 6.45) is 2.89.